The number of hydrogen-bond acceptors (Lipinski definition) is 5. The van der Waals surface area contributed by atoms with Crippen LogP contribution in [-0.2, 0) is 19.1 Å². The number of methoxy groups -OCH3 is 2. The number of hydrogen-bond donors (Lipinski definition) is 0. The van der Waals surface area contributed by atoms with Crippen LogP contribution in [0.15, 0.2) is 47.8 Å². The molecule has 0 unspecified atom stereocenters. The Balaban J connectivity index is 2.58. The van der Waals surface area contributed by atoms with Gasteiger partial charge < -0.3 is 14.4 Å². The quantitative estimate of drug-likeness (QED) is 0.801. The van der Waals surface area contributed by atoms with Gasteiger partial charge in [0.25, 0.3) is 0 Å². The van der Waals surface area contributed by atoms with Gasteiger partial charge in [-0.05, 0) is 17.7 Å². The molecule has 0 saturated carbocycles. The smallest absolute Gasteiger partial charge is 0.336 e. The first-order valence-corrected chi connectivity index (χ1v) is 6.93. The van der Waals surface area contributed by atoms with Gasteiger partial charge in [0.1, 0.15) is 0 Å². The third-order valence-electron chi connectivity index (χ3n) is 3.33. The highest BCUT2D eigenvalue weighted by atomic mass is 35.5. The Kier molecular flexibility index (Phi) is 4.88. The topological polar surface area (TPSA) is 55.8 Å². The van der Waals surface area contributed by atoms with Crippen LogP contribution in [0.25, 0.3) is 0 Å². The summed E-state index contributed by atoms with van der Waals surface area (Å²) in [4.78, 5) is 25.8. The highest BCUT2D eigenvalue weighted by Crippen LogP contribution is 2.37. The third kappa shape index (κ3) is 3.14. The summed E-state index contributed by atoms with van der Waals surface area (Å²) in [5.41, 5.74) is 1.40. The van der Waals surface area contributed by atoms with Gasteiger partial charge in [-0.15, -0.1) is 0 Å². The molecule has 1 aromatic carbocycles. The second kappa shape index (κ2) is 6.66. The minimum Gasteiger partial charge on any atom is -0.466 e. The maximum absolute atomic E-state index is 12.1. The molecule has 0 saturated heterocycles. The lowest BCUT2D eigenvalue weighted by molar-refractivity contribution is -0.137. The molecule has 116 valence electrons. The Hall–Kier alpha value is -2.27. The SMILES string of the molecule is COC(=O)C1=CN(C)C=C(C(=O)OC)C1c1cccc(Cl)c1. The van der Waals surface area contributed by atoms with Crippen LogP contribution in [0, 0.1) is 0 Å². The van der Waals surface area contributed by atoms with Gasteiger partial charge in [-0.1, -0.05) is 23.7 Å². The fraction of sp³-hybridized carbons (Fsp3) is 0.250. The Morgan fingerprint density at radius 3 is 2.09 bits per heavy atom. The van der Waals surface area contributed by atoms with Crippen molar-refractivity contribution >= 4 is 23.5 Å². The zero-order valence-electron chi connectivity index (χ0n) is 12.5. The number of rotatable bonds is 3. The number of carbonyl (C=O) groups is 2. The van der Waals surface area contributed by atoms with Crippen LogP contribution >= 0.6 is 11.6 Å². The molecule has 0 bridgehead atoms. The van der Waals surface area contributed by atoms with E-state index in [1.165, 1.54) is 14.2 Å². The average molecular weight is 322 g/mol. The number of ether oxygens (including phenoxy) is 2. The summed E-state index contributed by atoms with van der Waals surface area (Å²) in [6, 6.07) is 7.00. The summed E-state index contributed by atoms with van der Waals surface area (Å²) in [7, 11) is 4.32. The van der Waals surface area contributed by atoms with Crippen molar-refractivity contribution in [2.45, 2.75) is 5.92 Å². The van der Waals surface area contributed by atoms with E-state index in [9.17, 15) is 9.59 Å². The highest BCUT2D eigenvalue weighted by molar-refractivity contribution is 6.30. The highest BCUT2D eigenvalue weighted by Gasteiger charge is 2.34. The molecule has 1 aliphatic rings. The maximum Gasteiger partial charge on any atom is 0.336 e. The molecule has 0 atom stereocenters. The molecule has 0 fully saturated rings. The van der Waals surface area contributed by atoms with Crippen LogP contribution in [0.3, 0.4) is 0 Å². The molecular weight excluding hydrogens is 306 g/mol. The molecule has 0 aliphatic carbocycles. The van der Waals surface area contributed by atoms with Crippen LogP contribution in [-0.4, -0.2) is 38.1 Å². The summed E-state index contributed by atoms with van der Waals surface area (Å²) >= 11 is 6.03. The molecule has 1 aliphatic heterocycles. The normalized spacial score (nSPS) is 15.0. The summed E-state index contributed by atoms with van der Waals surface area (Å²) in [6.45, 7) is 0. The Labute approximate surface area is 133 Å². The minimum absolute atomic E-state index is 0.343. The monoisotopic (exact) mass is 321 g/mol. The first kappa shape index (κ1) is 16.1. The lowest BCUT2D eigenvalue weighted by Gasteiger charge is -2.28. The molecule has 0 aromatic heterocycles. The number of benzene rings is 1. The van der Waals surface area contributed by atoms with Crippen molar-refractivity contribution in [1.29, 1.82) is 0 Å². The predicted octanol–water partition coefficient (Wildman–Crippen LogP) is 2.48. The number of esters is 2. The fourth-order valence-electron chi connectivity index (χ4n) is 2.41. The van der Waals surface area contributed by atoms with E-state index in [0.717, 1.165) is 0 Å². The van der Waals surface area contributed by atoms with E-state index in [-0.39, 0.29) is 0 Å². The molecule has 1 heterocycles. The molecule has 5 nitrogen and oxygen atoms in total. The van der Waals surface area contributed by atoms with Crippen LogP contribution in [0.5, 0.6) is 0 Å². The van der Waals surface area contributed by atoms with Crippen molar-refractivity contribution in [3.8, 4) is 0 Å². The molecule has 0 spiro atoms. The van der Waals surface area contributed by atoms with Gasteiger partial charge in [0.15, 0.2) is 0 Å². The first-order chi connectivity index (χ1) is 10.5. The second-order valence-corrected chi connectivity index (χ2v) is 5.24. The van der Waals surface area contributed by atoms with E-state index in [1.54, 1.807) is 48.6 Å². The molecule has 1 aromatic rings. The van der Waals surface area contributed by atoms with Gasteiger partial charge >= 0.3 is 11.9 Å². The van der Waals surface area contributed by atoms with Gasteiger partial charge in [0.05, 0.1) is 31.3 Å². The van der Waals surface area contributed by atoms with Crippen LogP contribution < -0.4 is 0 Å². The van der Waals surface area contributed by atoms with Gasteiger partial charge in [-0.3, -0.25) is 0 Å². The molecule has 2 rings (SSSR count). The van der Waals surface area contributed by atoms with Gasteiger partial charge in [0, 0.05) is 24.5 Å². The Morgan fingerprint density at radius 1 is 1.09 bits per heavy atom. The van der Waals surface area contributed by atoms with Gasteiger partial charge in [-0.25, -0.2) is 9.59 Å². The molecule has 0 radical (unpaired) electrons. The summed E-state index contributed by atoms with van der Waals surface area (Å²) in [5, 5.41) is 0.518. The first-order valence-electron chi connectivity index (χ1n) is 6.55. The zero-order chi connectivity index (χ0) is 16.3. The summed E-state index contributed by atoms with van der Waals surface area (Å²) in [6.07, 6.45) is 3.26. The number of halogens is 1. The van der Waals surface area contributed by atoms with Crippen molar-refractivity contribution in [1.82, 2.24) is 4.90 Å². The standard InChI is InChI=1S/C16H16ClNO4/c1-18-8-12(15(19)21-2)14(13(9-18)16(20)22-3)10-5-4-6-11(17)7-10/h4-9,14H,1-3H3. The van der Waals surface area contributed by atoms with Crippen molar-refractivity contribution in [2.75, 3.05) is 21.3 Å². The van der Waals surface area contributed by atoms with Gasteiger partial charge in [0.2, 0.25) is 0 Å². The van der Waals surface area contributed by atoms with Crippen molar-refractivity contribution in [3.05, 3.63) is 58.4 Å². The molecular formula is C16H16ClNO4. The molecule has 0 amide bonds. The van der Waals surface area contributed by atoms with Crippen molar-refractivity contribution < 1.29 is 19.1 Å². The summed E-state index contributed by atoms with van der Waals surface area (Å²) in [5.74, 6) is -1.60. The molecule has 22 heavy (non-hydrogen) atoms. The zero-order valence-corrected chi connectivity index (χ0v) is 13.3. The second-order valence-electron chi connectivity index (χ2n) is 4.81. The van der Waals surface area contributed by atoms with E-state index in [4.69, 9.17) is 21.1 Å². The fourth-order valence-corrected chi connectivity index (χ4v) is 2.61. The average Bonchev–Trinajstić information content (AvgIpc) is 2.52. The van der Waals surface area contributed by atoms with Crippen molar-refractivity contribution in [2.24, 2.45) is 0 Å². The van der Waals surface area contributed by atoms with E-state index >= 15 is 0 Å². The maximum atomic E-state index is 12.1. The Morgan fingerprint density at radius 2 is 1.64 bits per heavy atom. The van der Waals surface area contributed by atoms with E-state index < -0.39 is 17.9 Å². The summed E-state index contributed by atoms with van der Waals surface area (Å²) < 4.78 is 9.67. The van der Waals surface area contributed by atoms with Crippen LogP contribution in [0.2, 0.25) is 5.02 Å². The van der Waals surface area contributed by atoms with E-state index in [1.807, 2.05) is 0 Å². The van der Waals surface area contributed by atoms with Crippen molar-refractivity contribution in [3.63, 3.8) is 0 Å². The van der Waals surface area contributed by atoms with Crippen LogP contribution in [0.1, 0.15) is 11.5 Å². The molecule has 0 N–H and O–H groups in total. The predicted molar refractivity (Wildman–Crippen MR) is 82.2 cm³/mol. The van der Waals surface area contributed by atoms with Gasteiger partial charge in [-0.2, -0.15) is 0 Å². The lowest BCUT2D eigenvalue weighted by Crippen LogP contribution is -2.27. The molecule has 6 heteroatoms. The lowest BCUT2D eigenvalue weighted by atomic mass is 9.83. The minimum atomic E-state index is -0.588. The van der Waals surface area contributed by atoms with Crippen LogP contribution in [0.4, 0.5) is 0 Å². The third-order valence-corrected chi connectivity index (χ3v) is 3.57. The largest absolute Gasteiger partial charge is 0.466 e. The number of carbonyl (C=O) groups excluding carboxylic acids is 2. The Bertz CT molecular complexity index is 632. The van der Waals surface area contributed by atoms with E-state index in [2.05, 4.69) is 0 Å². The van der Waals surface area contributed by atoms with E-state index in [0.29, 0.717) is 21.7 Å². The number of nitrogens with zero attached hydrogens (tertiary/aromatic N) is 1.